The molecule has 8 nitrogen and oxygen atoms in total. The molecule has 1 aromatic carbocycles. The van der Waals surface area contributed by atoms with Crippen LogP contribution in [0.1, 0.15) is 35.2 Å². The quantitative estimate of drug-likeness (QED) is 0.391. The fourth-order valence-corrected chi connectivity index (χ4v) is 2.87. The SMILES string of the molecule is CC(=O)c1cc(CCC(=O)OCCOc2ccc(S(N)(=O)=O)cc2)oc1C. The molecule has 1 aromatic heterocycles. The van der Waals surface area contributed by atoms with Gasteiger partial charge in [-0.1, -0.05) is 0 Å². The summed E-state index contributed by atoms with van der Waals surface area (Å²) in [5, 5.41) is 5.01. The minimum Gasteiger partial charge on any atom is -0.490 e. The zero-order valence-electron chi connectivity index (χ0n) is 15.1. The molecule has 9 heteroatoms. The number of sulfonamides is 1. The number of hydrogen-bond donors (Lipinski definition) is 1. The average Bonchev–Trinajstić information content (AvgIpc) is 2.97. The molecule has 0 saturated carbocycles. The van der Waals surface area contributed by atoms with E-state index in [9.17, 15) is 18.0 Å². The number of esters is 1. The van der Waals surface area contributed by atoms with Crippen molar-refractivity contribution in [3.8, 4) is 5.75 Å². The maximum absolute atomic E-state index is 11.7. The van der Waals surface area contributed by atoms with Gasteiger partial charge in [-0.25, -0.2) is 13.6 Å². The lowest BCUT2D eigenvalue weighted by molar-refractivity contribution is -0.144. The summed E-state index contributed by atoms with van der Waals surface area (Å²) < 4.78 is 38.2. The third-order valence-electron chi connectivity index (χ3n) is 3.69. The number of carbonyl (C=O) groups excluding carboxylic acids is 2. The van der Waals surface area contributed by atoms with Crippen molar-refractivity contribution in [2.45, 2.75) is 31.6 Å². The van der Waals surface area contributed by atoms with Crippen molar-refractivity contribution in [2.24, 2.45) is 5.14 Å². The summed E-state index contributed by atoms with van der Waals surface area (Å²) in [6.45, 7) is 3.32. The zero-order valence-corrected chi connectivity index (χ0v) is 15.9. The van der Waals surface area contributed by atoms with E-state index >= 15 is 0 Å². The number of aryl methyl sites for hydroxylation is 2. The molecule has 2 aromatic rings. The molecule has 0 saturated heterocycles. The highest BCUT2D eigenvalue weighted by atomic mass is 32.2. The minimum atomic E-state index is -3.74. The number of hydrogen-bond acceptors (Lipinski definition) is 7. The summed E-state index contributed by atoms with van der Waals surface area (Å²) in [6.07, 6.45) is 0.455. The molecule has 2 N–H and O–H groups in total. The second-order valence-corrected chi connectivity index (χ2v) is 7.39. The molecule has 0 radical (unpaired) electrons. The number of benzene rings is 1. The van der Waals surface area contributed by atoms with Crippen LogP contribution >= 0.6 is 0 Å². The van der Waals surface area contributed by atoms with Crippen molar-refractivity contribution in [2.75, 3.05) is 13.2 Å². The first-order chi connectivity index (χ1) is 12.7. The van der Waals surface area contributed by atoms with Crippen LogP contribution in [0.15, 0.2) is 39.6 Å². The minimum absolute atomic E-state index is 0.0117. The number of primary sulfonamides is 1. The molecule has 0 bridgehead atoms. The lowest BCUT2D eigenvalue weighted by atomic mass is 10.1. The Hall–Kier alpha value is -2.65. The van der Waals surface area contributed by atoms with Crippen molar-refractivity contribution in [1.82, 2.24) is 0 Å². The molecule has 0 aliphatic carbocycles. The Bertz CT molecular complexity index is 914. The highest BCUT2D eigenvalue weighted by Crippen LogP contribution is 2.17. The lowest BCUT2D eigenvalue weighted by Gasteiger charge is -2.07. The Kier molecular flexibility index (Phi) is 6.75. The van der Waals surface area contributed by atoms with E-state index in [1.165, 1.54) is 31.2 Å². The van der Waals surface area contributed by atoms with Crippen molar-refractivity contribution >= 4 is 21.8 Å². The molecule has 2 rings (SSSR count). The lowest BCUT2D eigenvalue weighted by Crippen LogP contribution is -2.13. The van der Waals surface area contributed by atoms with Gasteiger partial charge in [-0.05, 0) is 44.2 Å². The van der Waals surface area contributed by atoms with Gasteiger partial charge in [0.15, 0.2) is 5.78 Å². The van der Waals surface area contributed by atoms with Crippen molar-refractivity contribution < 1.29 is 31.9 Å². The van der Waals surface area contributed by atoms with Gasteiger partial charge in [0, 0.05) is 6.42 Å². The smallest absolute Gasteiger partial charge is 0.306 e. The van der Waals surface area contributed by atoms with Gasteiger partial charge in [-0.15, -0.1) is 0 Å². The maximum Gasteiger partial charge on any atom is 0.306 e. The average molecular weight is 395 g/mol. The van der Waals surface area contributed by atoms with Gasteiger partial charge in [0.25, 0.3) is 0 Å². The van der Waals surface area contributed by atoms with Crippen molar-refractivity contribution in [1.29, 1.82) is 0 Å². The van der Waals surface area contributed by atoms with Gasteiger partial charge in [0.1, 0.15) is 30.5 Å². The fourth-order valence-electron chi connectivity index (χ4n) is 2.35. The summed E-state index contributed by atoms with van der Waals surface area (Å²) in [5.74, 6) is 1.02. The molecule has 0 amide bonds. The van der Waals surface area contributed by atoms with E-state index in [0.29, 0.717) is 29.3 Å². The van der Waals surface area contributed by atoms with Crippen molar-refractivity contribution in [3.63, 3.8) is 0 Å². The first-order valence-electron chi connectivity index (χ1n) is 8.18. The fraction of sp³-hybridized carbons (Fsp3) is 0.333. The van der Waals surface area contributed by atoms with Crippen LogP contribution in [0.2, 0.25) is 0 Å². The number of furan rings is 1. The summed E-state index contributed by atoms with van der Waals surface area (Å²) in [7, 11) is -3.74. The molecule has 0 unspecified atom stereocenters. The number of rotatable bonds is 9. The number of ether oxygens (including phenoxy) is 2. The van der Waals surface area contributed by atoms with Gasteiger partial charge in [0.2, 0.25) is 10.0 Å². The first kappa shape index (κ1) is 20.7. The summed E-state index contributed by atoms with van der Waals surface area (Å²) in [6, 6.07) is 7.23. The maximum atomic E-state index is 11.7. The number of carbonyl (C=O) groups is 2. The molecule has 27 heavy (non-hydrogen) atoms. The van der Waals surface area contributed by atoms with Crippen LogP contribution in [-0.2, 0) is 26.0 Å². The first-order valence-corrected chi connectivity index (χ1v) is 9.73. The van der Waals surface area contributed by atoms with E-state index in [1.54, 1.807) is 13.0 Å². The monoisotopic (exact) mass is 395 g/mol. The predicted molar refractivity (Wildman–Crippen MR) is 96.0 cm³/mol. The molecule has 0 atom stereocenters. The summed E-state index contributed by atoms with van der Waals surface area (Å²) >= 11 is 0. The van der Waals surface area contributed by atoms with Crippen LogP contribution in [-0.4, -0.2) is 33.4 Å². The van der Waals surface area contributed by atoms with Gasteiger partial charge in [-0.2, -0.15) is 0 Å². The Morgan fingerprint density at radius 1 is 1.15 bits per heavy atom. The third kappa shape index (κ3) is 6.22. The van der Waals surface area contributed by atoms with E-state index < -0.39 is 16.0 Å². The highest BCUT2D eigenvalue weighted by Gasteiger charge is 2.13. The van der Waals surface area contributed by atoms with Crippen LogP contribution in [0.3, 0.4) is 0 Å². The second-order valence-electron chi connectivity index (χ2n) is 5.82. The molecule has 1 heterocycles. The van der Waals surface area contributed by atoms with Crippen LogP contribution in [0, 0.1) is 6.92 Å². The Labute approximate surface area is 157 Å². The van der Waals surface area contributed by atoms with Gasteiger partial charge < -0.3 is 13.9 Å². The van der Waals surface area contributed by atoms with Gasteiger partial charge in [-0.3, -0.25) is 9.59 Å². The standard InChI is InChI=1S/C18H21NO7S/c1-12(20)17-11-15(26-13(17)2)5-8-18(21)25-10-9-24-14-3-6-16(7-4-14)27(19,22)23/h3-4,6-7,11H,5,8-10H2,1-2H3,(H2,19,22,23). The van der Waals surface area contributed by atoms with Crippen LogP contribution < -0.4 is 9.88 Å². The van der Waals surface area contributed by atoms with E-state index in [0.717, 1.165) is 0 Å². The molecule has 0 aliphatic rings. The van der Waals surface area contributed by atoms with Crippen molar-refractivity contribution in [3.05, 3.63) is 47.4 Å². The number of Topliss-reactive ketones (excluding diaryl/α,β-unsaturated/α-hetero) is 1. The zero-order chi connectivity index (χ0) is 20.0. The highest BCUT2D eigenvalue weighted by molar-refractivity contribution is 7.89. The van der Waals surface area contributed by atoms with Gasteiger partial charge in [0.05, 0.1) is 16.9 Å². The molecule has 0 spiro atoms. The summed E-state index contributed by atoms with van der Waals surface area (Å²) in [5.41, 5.74) is 0.514. The molecular formula is C18H21NO7S. The van der Waals surface area contributed by atoms with E-state index in [1.807, 2.05) is 0 Å². The molecule has 0 aliphatic heterocycles. The van der Waals surface area contributed by atoms with Crippen LogP contribution in [0.25, 0.3) is 0 Å². The predicted octanol–water partition coefficient (Wildman–Crippen LogP) is 1.99. The topological polar surface area (TPSA) is 126 Å². The Balaban J connectivity index is 1.70. The molecular weight excluding hydrogens is 374 g/mol. The summed E-state index contributed by atoms with van der Waals surface area (Å²) in [4.78, 5) is 23.1. The molecule has 146 valence electrons. The third-order valence-corrected chi connectivity index (χ3v) is 4.62. The largest absolute Gasteiger partial charge is 0.490 e. The van der Waals surface area contributed by atoms with Gasteiger partial charge >= 0.3 is 5.97 Å². The molecule has 0 fully saturated rings. The van der Waals surface area contributed by atoms with E-state index in [2.05, 4.69) is 0 Å². The number of nitrogens with two attached hydrogens (primary N) is 1. The Morgan fingerprint density at radius 3 is 2.37 bits per heavy atom. The van der Waals surface area contributed by atoms with Crippen LogP contribution in [0.5, 0.6) is 5.75 Å². The van der Waals surface area contributed by atoms with E-state index in [-0.39, 0.29) is 30.3 Å². The number of ketones is 1. The second kappa shape index (κ2) is 8.83. The van der Waals surface area contributed by atoms with E-state index in [4.69, 9.17) is 19.0 Å². The normalized spacial score (nSPS) is 11.2. The van der Waals surface area contributed by atoms with Crippen LogP contribution in [0.4, 0.5) is 0 Å². The Morgan fingerprint density at radius 2 is 1.81 bits per heavy atom.